The minimum atomic E-state index is -1.04. The molecule has 1 aliphatic heterocycles. The summed E-state index contributed by atoms with van der Waals surface area (Å²) in [5, 5.41) is 18.4. The first-order valence-electron chi connectivity index (χ1n) is 5.91. The zero-order chi connectivity index (χ0) is 13.3. The topological polar surface area (TPSA) is 99.7 Å². The highest BCUT2D eigenvalue weighted by Gasteiger charge is 2.27. The molecule has 2 atom stereocenters. The number of aliphatic hydroxyl groups excluding tert-OH is 1. The number of nitrogens with zero attached hydrogens (tertiary/aromatic N) is 2. The van der Waals surface area contributed by atoms with Gasteiger partial charge in [0.05, 0.1) is 17.4 Å². The monoisotopic (exact) mass is 251 g/mol. The number of aromatic nitrogens is 1. The fraction of sp³-hybridized carbons (Fsp3) is 0.500. The molecule has 6 heteroatoms. The Kier molecular flexibility index (Phi) is 3.38. The zero-order valence-electron chi connectivity index (χ0n) is 10.2. The molecule has 1 aromatic heterocycles. The highest BCUT2D eigenvalue weighted by atomic mass is 16.4. The third-order valence-electron chi connectivity index (χ3n) is 3.35. The number of rotatable bonds is 3. The highest BCUT2D eigenvalue weighted by Crippen LogP contribution is 2.28. The molecule has 0 aliphatic carbocycles. The molecular weight excluding hydrogens is 234 g/mol. The van der Waals surface area contributed by atoms with Gasteiger partial charge in [0.1, 0.15) is 0 Å². The molecule has 0 spiro atoms. The van der Waals surface area contributed by atoms with Gasteiger partial charge in [-0.1, -0.05) is 0 Å². The fourth-order valence-corrected chi connectivity index (χ4v) is 2.23. The number of hydrogen-bond donors (Lipinski definition) is 3. The highest BCUT2D eigenvalue weighted by molar-refractivity contribution is 5.89. The molecule has 2 unspecified atom stereocenters. The smallest absolute Gasteiger partial charge is 0.337 e. The molecule has 0 aromatic carbocycles. The number of pyridine rings is 1. The van der Waals surface area contributed by atoms with E-state index in [0.29, 0.717) is 18.1 Å². The minimum Gasteiger partial charge on any atom is -0.478 e. The van der Waals surface area contributed by atoms with Crippen molar-refractivity contribution < 1.29 is 15.0 Å². The van der Waals surface area contributed by atoms with E-state index in [1.54, 1.807) is 6.92 Å². The summed E-state index contributed by atoms with van der Waals surface area (Å²) in [4.78, 5) is 16.9. The van der Waals surface area contributed by atoms with Gasteiger partial charge < -0.3 is 20.8 Å². The van der Waals surface area contributed by atoms with E-state index in [-0.39, 0.29) is 17.6 Å². The first kappa shape index (κ1) is 12.6. The van der Waals surface area contributed by atoms with Gasteiger partial charge in [0.15, 0.2) is 5.82 Å². The van der Waals surface area contributed by atoms with Crippen molar-refractivity contribution in [1.29, 1.82) is 0 Å². The summed E-state index contributed by atoms with van der Waals surface area (Å²) >= 11 is 0. The molecule has 2 rings (SSSR count). The predicted octanol–water partition coefficient (Wildman–Crippen LogP) is 0.569. The maximum atomic E-state index is 10.8. The van der Waals surface area contributed by atoms with Crippen LogP contribution in [0.1, 0.15) is 23.7 Å². The van der Waals surface area contributed by atoms with Crippen LogP contribution in [-0.2, 0) is 0 Å². The van der Waals surface area contributed by atoms with Crippen LogP contribution in [0.2, 0.25) is 0 Å². The molecule has 0 radical (unpaired) electrons. The van der Waals surface area contributed by atoms with E-state index >= 15 is 0 Å². The molecule has 18 heavy (non-hydrogen) atoms. The Labute approximate surface area is 105 Å². The molecular formula is C12H17N3O3. The molecule has 6 nitrogen and oxygen atoms in total. The molecule has 1 fully saturated rings. The molecule has 4 N–H and O–H groups in total. The number of aromatic carboxylic acids is 1. The van der Waals surface area contributed by atoms with Crippen molar-refractivity contribution in [3.63, 3.8) is 0 Å². The van der Waals surface area contributed by atoms with Crippen molar-refractivity contribution >= 4 is 17.5 Å². The number of anilines is 2. The van der Waals surface area contributed by atoms with E-state index < -0.39 is 5.97 Å². The summed E-state index contributed by atoms with van der Waals surface area (Å²) in [5.74, 6) is -0.225. The van der Waals surface area contributed by atoms with Crippen LogP contribution in [0, 0.1) is 5.92 Å². The average molecular weight is 251 g/mol. The first-order valence-corrected chi connectivity index (χ1v) is 5.91. The Bertz CT molecular complexity index is 462. The minimum absolute atomic E-state index is 0.0857. The van der Waals surface area contributed by atoms with Gasteiger partial charge in [0, 0.05) is 25.2 Å². The second-order valence-electron chi connectivity index (χ2n) is 4.68. The van der Waals surface area contributed by atoms with E-state index in [9.17, 15) is 9.90 Å². The van der Waals surface area contributed by atoms with Crippen LogP contribution in [0.25, 0.3) is 0 Å². The van der Waals surface area contributed by atoms with Crippen LogP contribution in [-0.4, -0.2) is 40.4 Å². The summed E-state index contributed by atoms with van der Waals surface area (Å²) in [6.07, 6.45) is 1.85. The predicted molar refractivity (Wildman–Crippen MR) is 67.6 cm³/mol. The average Bonchev–Trinajstić information content (AvgIpc) is 2.78. The van der Waals surface area contributed by atoms with Gasteiger partial charge in [-0.25, -0.2) is 9.78 Å². The molecule has 1 aliphatic rings. The van der Waals surface area contributed by atoms with Crippen molar-refractivity contribution in [1.82, 2.24) is 4.98 Å². The van der Waals surface area contributed by atoms with E-state index in [1.807, 2.05) is 4.90 Å². The van der Waals surface area contributed by atoms with Gasteiger partial charge in [-0.2, -0.15) is 0 Å². The fourth-order valence-electron chi connectivity index (χ4n) is 2.23. The van der Waals surface area contributed by atoms with Crippen LogP contribution < -0.4 is 10.6 Å². The normalized spacial score (nSPS) is 21.0. The van der Waals surface area contributed by atoms with Gasteiger partial charge in [-0.05, 0) is 19.4 Å². The number of hydrogen-bond acceptors (Lipinski definition) is 5. The molecule has 98 valence electrons. The molecule has 0 bridgehead atoms. The molecule has 0 amide bonds. The zero-order valence-corrected chi connectivity index (χ0v) is 10.2. The summed E-state index contributed by atoms with van der Waals surface area (Å²) in [6, 6.07) is 1.42. The van der Waals surface area contributed by atoms with Gasteiger partial charge in [-0.15, -0.1) is 0 Å². The third-order valence-corrected chi connectivity index (χ3v) is 3.35. The van der Waals surface area contributed by atoms with E-state index in [2.05, 4.69) is 4.98 Å². The summed E-state index contributed by atoms with van der Waals surface area (Å²) in [6.45, 7) is 3.25. The van der Waals surface area contributed by atoms with Gasteiger partial charge in [0.25, 0.3) is 0 Å². The van der Waals surface area contributed by atoms with Crippen molar-refractivity contribution in [3.05, 3.63) is 17.8 Å². The lowest BCUT2D eigenvalue weighted by Crippen LogP contribution is -2.25. The van der Waals surface area contributed by atoms with Crippen molar-refractivity contribution in [2.45, 2.75) is 19.4 Å². The van der Waals surface area contributed by atoms with Crippen LogP contribution in [0.4, 0.5) is 11.5 Å². The maximum Gasteiger partial charge on any atom is 0.337 e. The summed E-state index contributed by atoms with van der Waals surface area (Å²) in [5.41, 5.74) is 6.28. The molecule has 2 heterocycles. The van der Waals surface area contributed by atoms with Crippen LogP contribution in [0.15, 0.2) is 12.3 Å². The quantitative estimate of drug-likeness (QED) is 0.726. The number of carboxylic acid groups (broad SMARTS) is 1. The molecule has 0 saturated carbocycles. The Morgan fingerprint density at radius 2 is 2.39 bits per heavy atom. The van der Waals surface area contributed by atoms with Crippen LogP contribution in [0.3, 0.4) is 0 Å². The Balaban J connectivity index is 2.18. The largest absolute Gasteiger partial charge is 0.478 e. The van der Waals surface area contributed by atoms with E-state index in [4.69, 9.17) is 10.8 Å². The maximum absolute atomic E-state index is 10.8. The van der Waals surface area contributed by atoms with Gasteiger partial charge in [0.2, 0.25) is 0 Å². The van der Waals surface area contributed by atoms with Gasteiger partial charge >= 0.3 is 5.97 Å². The SMILES string of the molecule is CC(O)C1CCN(c2ncc(C(=O)O)cc2N)C1. The number of nitrogen functional groups attached to an aromatic ring is 1. The standard InChI is InChI=1S/C12H17N3O3/c1-7(16)8-2-3-15(6-8)11-10(13)4-9(5-14-11)12(17)18/h4-5,7-8,16H,2-3,6,13H2,1H3,(H,17,18). The van der Waals surface area contributed by atoms with E-state index in [0.717, 1.165) is 13.0 Å². The van der Waals surface area contributed by atoms with E-state index in [1.165, 1.54) is 12.3 Å². The number of carbonyl (C=O) groups is 1. The lowest BCUT2D eigenvalue weighted by atomic mass is 10.0. The second kappa shape index (κ2) is 4.81. The number of nitrogens with two attached hydrogens (primary N) is 1. The third kappa shape index (κ3) is 2.38. The van der Waals surface area contributed by atoms with Crippen molar-refractivity contribution in [3.8, 4) is 0 Å². The van der Waals surface area contributed by atoms with Crippen LogP contribution in [0.5, 0.6) is 0 Å². The Morgan fingerprint density at radius 1 is 1.67 bits per heavy atom. The number of aliphatic hydroxyl groups is 1. The van der Waals surface area contributed by atoms with Gasteiger partial charge in [-0.3, -0.25) is 0 Å². The number of carboxylic acids is 1. The Hall–Kier alpha value is -1.82. The molecule has 1 saturated heterocycles. The Morgan fingerprint density at radius 3 is 2.89 bits per heavy atom. The lowest BCUT2D eigenvalue weighted by molar-refractivity contribution is 0.0696. The summed E-state index contributed by atoms with van der Waals surface area (Å²) < 4.78 is 0. The lowest BCUT2D eigenvalue weighted by Gasteiger charge is -2.20. The second-order valence-corrected chi connectivity index (χ2v) is 4.68. The summed E-state index contributed by atoms with van der Waals surface area (Å²) in [7, 11) is 0. The van der Waals surface area contributed by atoms with Crippen molar-refractivity contribution in [2.75, 3.05) is 23.7 Å². The first-order chi connectivity index (χ1) is 8.49. The van der Waals surface area contributed by atoms with Crippen molar-refractivity contribution in [2.24, 2.45) is 5.92 Å². The van der Waals surface area contributed by atoms with Crippen LogP contribution >= 0.6 is 0 Å². The molecule has 1 aromatic rings.